The molecular formula is C22H72B4Y4. The molecule has 0 unspecified atom stereocenters. The van der Waals surface area contributed by atoms with Gasteiger partial charge in [0, 0.05) is 131 Å². The molecule has 0 aliphatic carbocycles. The first kappa shape index (κ1) is 141. The number of hydrogen-bond acceptors (Lipinski definition) is 0. The molecule has 184 valence electrons. The average Bonchev–Trinajstić information content (AvgIpc) is 2.21. The smallest absolute Gasteiger partial charge is 0.0920 e. The minimum atomic E-state index is 0. The molecular weight excluding hydrogens is 663 g/mol. The Morgan fingerprint density at radius 2 is 0.400 bits per heavy atom. The zero-order chi connectivity index (χ0) is 11.1. The average molecular weight is 736 g/mol. The molecule has 0 saturated heterocycles. The van der Waals surface area contributed by atoms with Crippen molar-refractivity contribution < 1.29 is 131 Å². The Morgan fingerprint density at radius 3 is 0.467 bits per heavy atom. The van der Waals surface area contributed by atoms with Crippen molar-refractivity contribution in [3.05, 3.63) is 0 Å². The molecule has 0 aliphatic heterocycles. The molecule has 0 saturated carbocycles. The second kappa shape index (κ2) is 167. The van der Waals surface area contributed by atoms with Gasteiger partial charge >= 0.3 is 0 Å². The zero-order valence-corrected chi connectivity index (χ0v) is 24.2. The van der Waals surface area contributed by atoms with E-state index in [1.165, 1.54) is 38.1 Å². The van der Waals surface area contributed by atoms with Gasteiger partial charge in [0.15, 0.2) is 0 Å². The van der Waals surface area contributed by atoms with Crippen LogP contribution in [0.15, 0.2) is 0 Å². The van der Waals surface area contributed by atoms with E-state index >= 15 is 0 Å². The molecule has 0 heterocycles. The van der Waals surface area contributed by atoms with E-state index in [2.05, 4.69) is 56.4 Å². The third kappa shape index (κ3) is 204. The Balaban J connectivity index is -0.00000000391. The summed E-state index contributed by atoms with van der Waals surface area (Å²) in [6.45, 7) is 8.43. The summed E-state index contributed by atoms with van der Waals surface area (Å²) in [7, 11) is 8.85. The first-order chi connectivity index (χ1) is 6.83. The van der Waals surface area contributed by atoms with Gasteiger partial charge in [-0.05, 0) is 0 Å². The second-order valence-electron chi connectivity index (χ2n) is 3.49. The van der Waals surface area contributed by atoms with Crippen molar-refractivity contribution in [2.45, 2.75) is 155 Å². The summed E-state index contributed by atoms with van der Waals surface area (Å²) in [5.41, 5.74) is 0. The van der Waals surface area contributed by atoms with Crippen LogP contribution in [0.1, 0.15) is 102 Å². The Hall–Kier alpha value is 4.68. The van der Waals surface area contributed by atoms with Crippen molar-refractivity contribution in [3.63, 3.8) is 0 Å². The van der Waals surface area contributed by atoms with Gasteiger partial charge in [-0.15, -0.1) is 0 Å². The van der Waals surface area contributed by atoms with Crippen molar-refractivity contribution in [1.29, 1.82) is 0 Å². The summed E-state index contributed by atoms with van der Waals surface area (Å²) >= 11 is 0. The van der Waals surface area contributed by atoms with E-state index in [4.69, 9.17) is 0 Å². The van der Waals surface area contributed by atoms with Crippen LogP contribution in [0.5, 0.6) is 0 Å². The van der Waals surface area contributed by atoms with Crippen LogP contribution in [0.3, 0.4) is 0 Å². The van der Waals surface area contributed by atoms with E-state index < -0.39 is 0 Å². The van der Waals surface area contributed by atoms with E-state index in [0.717, 1.165) is 0 Å². The van der Waals surface area contributed by atoms with E-state index in [0.29, 0.717) is 0 Å². The van der Waals surface area contributed by atoms with Crippen molar-refractivity contribution in [1.82, 2.24) is 0 Å². The maximum atomic E-state index is 2.21. The molecule has 8 radical (unpaired) electrons. The Labute approximate surface area is 309 Å². The molecule has 0 aliphatic rings. The van der Waals surface area contributed by atoms with Gasteiger partial charge in [0.2, 0.25) is 0 Å². The summed E-state index contributed by atoms with van der Waals surface area (Å²) in [5, 5.41) is 0. The van der Waals surface area contributed by atoms with Gasteiger partial charge in [0.05, 0.1) is 0 Å². The van der Waals surface area contributed by atoms with Crippen LogP contribution >= 0.6 is 0 Å². The van der Waals surface area contributed by atoms with Gasteiger partial charge in [-0.3, -0.25) is 0 Å². The molecule has 8 heteroatoms. The van der Waals surface area contributed by atoms with Gasteiger partial charge in [0.1, 0.15) is 29.1 Å². The maximum absolute atomic E-state index is 2.21. The molecule has 30 heavy (non-hydrogen) atoms. The normalized spacial score (nSPS) is 3.87. The largest absolute Gasteiger partial charge is 0.105 e. The summed E-state index contributed by atoms with van der Waals surface area (Å²) in [4.78, 5) is 0. The SMILES string of the molecule is C.C.C.C.C.C.C.C.C.C.C.C.C[B]CCC[B]C.C[B]CCC[B]C.[Y].[Y].[Y].[Y]. The minimum absolute atomic E-state index is 0. The van der Waals surface area contributed by atoms with Crippen LogP contribution in [0.4, 0.5) is 0 Å². The van der Waals surface area contributed by atoms with Gasteiger partial charge in [-0.1, -0.05) is 155 Å². The standard InChI is InChI=1S/2C5H12B2.12CH4.4Y/c2*1-6-4-3-5-7-2;;;;;;;;;;;;;;;;/h2*3-5H2,1-2H3;12*1H4;;;;. The van der Waals surface area contributed by atoms with Gasteiger partial charge in [0.25, 0.3) is 0 Å². The summed E-state index contributed by atoms with van der Waals surface area (Å²) < 4.78 is 0. The topological polar surface area (TPSA) is 0 Å². The van der Waals surface area contributed by atoms with Crippen LogP contribution in [0.2, 0.25) is 52.6 Å². The van der Waals surface area contributed by atoms with Crippen molar-refractivity contribution in [2.75, 3.05) is 0 Å². The third-order valence-corrected chi connectivity index (χ3v) is 1.97. The molecule has 0 N–H and O–H groups in total. The first-order valence-corrected chi connectivity index (χ1v) is 5.94. The van der Waals surface area contributed by atoms with Crippen LogP contribution in [0.25, 0.3) is 0 Å². The number of rotatable bonds is 8. The Kier molecular flexibility index (Phi) is 787. The van der Waals surface area contributed by atoms with E-state index in [1.807, 2.05) is 0 Å². The zero-order valence-electron chi connectivity index (χ0n) is 12.9. The number of hydrogen-bond donors (Lipinski definition) is 0. The van der Waals surface area contributed by atoms with Gasteiger partial charge in [-0.2, -0.15) is 0 Å². The molecule has 0 spiro atoms. The second-order valence-corrected chi connectivity index (χ2v) is 3.49. The fourth-order valence-corrected chi connectivity index (χ4v) is 1.05. The minimum Gasteiger partial charge on any atom is -0.0920 e. The first-order valence-electron chi connectivity index (χ1n) is 5.94. The summed E-state index contributed by atoms with van der Waals surface area (Å²) in [6, 6.07) is 0. The molecule has 0 amide bonds. The van der Waals surface area contributed by atoms with E-state index in [-0.39, 0.29) is 220 Å². The van der Waals surface area contributed by atoms with Crippen molar-refractivity contribution in [3.8, 4) is 0 Å². The molecule has 0 atom stereocenters. The Bertz CT molecular complexity index is 81.5. The van der Waals surface area contributed by atoms with E-state index in [1.54, 1.807) is 0 Å². The predicted molar refractivity (Wildman–Crippen MR) is 156 cm³/mol. The molecule has 0 bridgehead atoms. The quantitative estimate of drug-likeness (QED) is 0.172. The van der Waals surface area contributed by atoms with E-state index in [9.17, 15) is 0 Å². The monoisotopic (exact) mass is 736 g/mol. The van der Waals surface area contributed by atoms with Crippen molar-refractivity contribution >= 4 is 29.1 Å². The Morgan fingerprint density at radius 1 is 0.300 bits per heavy atom. The molecule has 0 rings (SSSR count). The van der Waals surface area contributed by atoms with Crippen LogP contribution in [-0.2, 0) is 131 Å². The van der Waals surface area contributed by atoms with Gasteiger partial charge in [-0.25, -0.2) is 0 Å². The molecule has 0 aromatic carbocycles. The van der Waals surface area contributed by atoms with Crippen molar-refractivity contribution in [2.24, 2.45) is 0 Å². The van der Waals surface area contributed by atoms with Crippen LogP contribution in [0, 0.1) is 0 Å². The molecule has 0 aromatic heterocycles. The van der Waals surface area contributed by atoms with Crippen LogP contribution in [-0.4, -0.2) is 29.1 Å². The van der Waals surface area contributed by atoms with Crippen LogP contribution < -0.4 is 0 Å². The predicted octanol–water partition coefficient (Wildman–Crippen LogP) is 11.1. The summed E-state index contributed by atoms with van der Waals surface area (Å²) in [5.74, 6) is 0. The molecule has 0 aromatic rings. The fourth-order valence-electron chi connectivity index (χ4n) is 1.05. The summed E-state index contributed by atoms with van der Waals surface area (Å²) in [6.07, 6.45) is 7.73. The maximum Gasteiger partial charge on any atom is 0.105 e. The fraction of sp³-hybridized carbons (Fsp3) is 1.00. The molecule has 0 fully saturated rings. The van der Waals surface area contributed by atoms with Gasteiger partial charge < -0.3 is 0 Å². The third-order valence-electron chi connectivity index (χ3n) is 1.97. The molecule has 0 nitrogen and oxygen atoms in total.